The highest BCUT2D eigenvalue weighted by Crippen LogP contribution is 2.63. The molecule has 0 aromatic heterocycles. The molecular weight excluding hydrogens is 470 g/mol. The second-order valence-corrected chi connectivity index (χ2v) is 11.2. The molecule has 7 rings (SSSR count). The molecule has 1 aromatic rings. The minimum atomic E-state index is -1.79. The lowest BCUT2D eigenvalue weighted by atomic mass is 9.53. The molecule has 3 aliphatic carbocycles. The summed E-state index contributed by atoms with van der Waals surface area (Å²) < 4.78 is 18.0. The number of benzene rings is 1. The van der Waals surface area contributed by atoms with Crippen LogP contribution in [0.4, 0.5) is 0 Å². The van der Waals surface area contributed by atoms with E-state index >= 15 is 0 Å². The van der Waals surface area contributed by atoms with Gasteiger partial charge in [0.25, 0.3) is 0 Å². The third kappa shape index (κ3) is 3.09. The van der Waals surface area contributed by atoms with Gasteiger partial charge in [0.2, 0.25) is 0 Å². The van der Waals surface area contributed by atoms with Gasteiger partial charge in [-0.25, -0.2) is 4.79 Å². The predicted octanol–water partition coefficient (Wildman–Crippen LogP) is -0.105. The summed E-state index contributed by atoms with van der Waals surface area (Å²) in [6, 6.07) is 3.97. The standard InChI is InChI=1S/C26H31NO9/c28-15-5-3-12-9-14-13-4-6-16(34-25-20(31)18(29)19(30)22(36-25)24(32)33)23-26(13,17(12)21(15)35-23)7-8-27(14)10-11-1-2-11/h3-6,11,13-14,16,18-20,22-23,25,28-31H,1-2,7-10H2,(H,32,33)/t13-,14+,16-,18-,19-,20+,22-,23-,25+,26-/m0/s1. The third-order valence-electron chi connectivity index (χ3n) is 9.26. The van der Waals surface area contributed by atoms with Crippen LogP contribution in [0.15, 0.2) is 24.3 Å². The van der Waals surface area contributed by atoms with Crippen LogP contribution in [-0.2, 0) is 26.1 Å². The average molecular weight is 502 g/mol. The van der Waals surface area contributed by atoms with Gasteiger partial charge in [0.1, 0.15) is 30.5 Å². The van der Waals surface area contributed by atoms with Crippen molar-refractivity contribution in [1.29, 1.82) is 0 Å². The number of piperidine rings is 1. The summed E-state index contributed by atoms with van der Waals surface area (Å²) in [5.41, 5.74) is 1.76. The van der Waals surface area contributed by atoms with Crippen molar-refractivity contribution in [2.75, 3.05) is 13.1 Å². The first-order valence-electron chi connectivity index (χ1n) is 12.8. The Kier molecular flexibility index (Phi) is 5.03. The molecule has 3 heterocycles. The van der Waals surface area contributed by atoms with Crippen molar-refractivity contribution >= 4 is 5.97 Å². The molecule has 0 amide bonds. The van der Waals surface area contributed by atoms with E-state index in [1.165, 1.54) is 18.4 Å². The molecule has 10 nitrogen and oxygen atoms in total. The van der Waals surface area contributed by atoms with Crippen molar-refractivity contribution in [3.05, 3.63) is 35.4 Å². The van der Waals surface area contributed by atoms with Crippen molar-refractivity contribution in [3.8, 4) is 11.5 Å². The second kappa shape index (κ2) is 7.89. The first-order valence-corrected chi connectivity index (χ1v) is 12.8. The van der Waals surface area contributed by atoms with Crippen LogP contribution in [0.3, 0.4) is 0 Å². The minimum Gasteiger partial charge on any atom is -0.504 e. The summed E-state index contributed by atoms with van der Waals surface area (Å²) in [6.45, 7) is 2.00. The van der Waals surface area contributed by atoms with Gasteiger partial charge in [0.15, 0.2) is 23.9 Å². The number of nitrogens with zero attached hydrogens (tertiary/aromatic N) is 1. The Hall–Kier alpha value is -2.21. The maximum atomic E-state index is 11.6. The summed E-state index contributed by atoms with van der Waals surface area (Å²) in [7, 11) is 0. The fraction of sp³-hybridized carbons (Fsp3) is 0.654. The van der Waals surface area contributed by atoms with Gasteiger partial charge in [-0.3, -0.25) is 4.90 Å². The van der Waals surface area contributed by atoms with E-state index in [4.69, 9.17) is 14.2 Å². The van der Waals surface area contributed by atoms with Gasteiger partial charge in [-0.2, -0.15) is 0 Å². The Morgan fingerprint density at radius 2 is 1.94 bits per heavy atom. The number of carboxylic acids is 1. The molecule has 1 saturated carbocycles. The van der Waals surface area contributed by atoms with Gasteiger partial charge in [-0.05, 0) is 49.8 Å². The van der Waals surface area contributed by atoms with Crippen molar-refractivity contribution in [2.24, 2.45) is 11.8 Å². The maximum absolute atomic E-state index is 11.6. The van der Waals surface area contributed by atoms with Crippen molar-refractivity contribution in [1.82, 2.24) is 4.90 Å². The zero-order chi connectivity index (χ0) is 24.9. The highest BCUT2D eigenvalue weighted by Gasteiger charge is 2.65. The number of aromatic hydroxyl groups is 1. The highest BCUT2D eigenvalue weighted by molar-refractivity contribution is 5.73. The molecule has 2 bridgehead atoms. The van der Waals surface area contributed by atoms with E-state index in [9.17, 15) is 30.3 Å². The van der Waals surface area contributed by atoms with Gasteiger partial charge >= 0.3 is 5.97 Å². The van der Waals surface area contributed by atoms with E-state index in [1.54, 1.807) is 6.07 Å². The zero-order valence-electron chi connectivity index (χ0n) is 19.6. The Morgan fingerprint density at radius 3 is 2.69 bits per heavy atom. The number of aliphatic hydroxyl groups excluding tert-OH is 3. The quantitative estimate of drug-likeness (QED) is 0.346. The molecule has 194 valence electrons. The average Bonchev–Trinajstić information content (AvgIpc) is 3.60. The van der Waals surface area contributed by atoms with Crippen LogP contribution in [0, 0.1) is 11.8 Å². The summed E-state index contributed by atoms with van der Waals surface area (Å²) in [5.74, 6) is 0.00751. The lowest BCUT2D eigenvalue weighted by Crippen LogP contribution is -2.67. The molecule has 10 heteroatoms. The number of aliphatic hydroxyl groups is 3. The molecule has 0 unspecified atom stereocenters. The summed E-state index contributed by atoms with van der Waals surface area (Å²) in [4.78, 5) is 14.2. The number of ether oxygens (including phenoxy) is 3. The van der Waals surface area contributed by atoms with Gasteiger partial charge in [0, 0.05) is 29.5 Å². The molecule has 2 saturated heterocycles. The number of carboxylic acid groups (broad SMARTS) is 1. The lowest BCUT2D eigenvalue weighted by Gasteiger charge is -2.57. The van der Waals surface area contributed by atoms with E-state index < -0.39 is 54.3 Å². The molecular formula is C26H31NO9. The van der Waals surface area contributed by atoms with Gasteiger partial charge in [0.05, 0.1) is 0 Å². The number of carbonyl (C=O) groups is 1. The van der Waals surface area contributed by atoms with Crippen LogP contribution in [0.5, 0.6) is 11.5 Å². The molecule has 10 atom stereocenters. The van der Waals surface area contributed by atoms with Crippen LogP contribution >= 0.6 is 0 Å². The van der Waals surface area contributed by atoms with E-state index in [-0.39, 0.29) is 11.7 Å². The molecule has 0 radical (unpaired) electrons. The number of likely N-dealkylation sites (tertiary alicyclic amines) is 1. The van der Waals surface area contributed by atoms with Crippen LogP contribution in [0.2, 0.25) is 0 Å². The molecule has 5 N–H and O–H groups in total. The maximum Gasteiger partial charge on any atom is 0.335 e. The smallest absolute Gasteiger partial charge is 0.335 e. The van der Waals surface area contributed by atoms with Gasteiger partial charge in [-0.15, -0.1) is 0 Å². The second-order valence-electron chi connectivity index (χ2n) is 11.2. The Labute approximate surface area is 207 Å². The Balaban J connectivity index is 1.25. The fourth-order valence-electron chi connectivity index (χ4n) is 7.41. The van der Waals surface area contributed by atoms with E-state index in [0.717, 1.165) is 37.4 Å². The number of hydrogen-bond acceptors (Lipinski definition) is 9. The number of phenols is 1. The SMILES string of the molecule is O=C(O)[C@H]1O[C@@H](O[C@H]2C=C[C@H]3[C@H]4Cc5ccc(O)c6c5[C@@]3(CCN4CC3CC3)[C@H]2O6)[C@H](O)[C@@H](O)[C@@H]1O. The highest BCUT2D eigenvalue weighted by atomic mass is 16.7. The first kappa shape index (κ1) is 22.9. The summed E-state index contributed by atoms with van der Waals surface area (Å²) in [6.07, 6.45) is -1.39. The summed E-state index contributed by atoms with van der Waals surface area (Å²) in [5, 5.41) is 51.0. The molecule has 3 fully saturated rings. The lowest BCUT2D eigenvalue weighted by molar-refractivity contribution is -0.307. The van der Waals surface area contributed by atoms with Crippen molar-refractivity contribution in [3.63, 3.8) is 0 Å². The largest absolute Gasteiger partial charge is 0.504 e. The van der Waals surface area contributed by atoms with Gasteiger partial charge < -0.3 is 39.7 Å². The first-order chi connectivity index (χ1) is 17.3. The van der Waals surface area contributed by atoms with Crippen molar-refractivity contribution in [2.45, 2.75) is 80.1 Å². The van der Waals surface area contributed by atoms with Crippen LogP contribution in [0.25, 0.3) is 0 Å². The van der Waals surface area contributed by atoms with Crippen LogP contribution in [0.1, 0.15) is 30.4 Å². The summed E-state index contributed by atoms with van der Waals surface area (Å²) >= 11 is 0. The predicted molar refractivity (Wildman–Crippen MR) is 122 cm³/mol. The Morgan fingerprint density at radius 1 is 1.14 bits per heavy atom. The number of aliphatic carboxylic acids is 1. The number of phenolic OH excluding ortho intramolecular Hbond substituents is 1. The number of hydrogen-bond donors (Lipinski definition) is 5. The monoisotopic (exact) mass is 501 g/mol. The molecule has 6 aliphatic rings. The molecule has 36 heavy (non-hydrogen) atoms. The molecule has 3 aliphatic heterocycles. The molecule has 1 aromatic carbocycles. The minimum absolute atomic E-state index is 0.0762. The van der Waals surface area contributed by atoms with Crippen LogP contribution in [-0.4, -0.2) is 98.4 Å². The van der Waals surface area contributed by atoms with Crippen molar-refractivity contribution < 1.29 is 44.5 Å². The van der Waals surface area contributed by atoms with E-state index in [0.29, 0.717) is 11.8 Å². The van der Waals surface area contributed by atoms with Gasteiger partial charge in [-0.1, -0.05) is 18.2 Å². The van der Waals surface area contributed by atoms with E-state index in [1.807, 2.05) is 12.1 Å². The zero-order valence-corrected chi connectivity index (χ0v) is 19.6. The number of rotatable bonds is 5. The topological polar surface area (TPSA) is 149 Å². The van der Waals surface area contributed by atoms with E-state index in [2.05, 4.69) is 11.0 Å². The molecule has 1 spiro atoms. The third-order valence-corrected chi connectivity index (χ3v) is 9.26. The Bertz CT molecular complexity index is 1120. The fourth-order valence-corrected chi connectivity index (χ4v) is 7.41. The normalized spacial score (nSPS) is 44.7. The van der Waals surface area contributed by atoms with Crippen LogP contribution < -0.4 is 4.74 Å².